The summed E-state index contributed by atoms with van der Waals surface area (Å²) in [5.41, 5.74) is 6.55. The number of aliphatic hydroxyl groups is 1. The summed E-state index contributed by atoms with van der Waals surface area (Å²) in [5.74, 6) is -0.326. The second kappa shape index (κ2) is 6.10. The summed E-state index contributed by atoms with van der Waals surface area (Å²) in [7, 11) is 0. The van der Waals surface area contributed by atoms with Gasteiger partial charge in [0.1, 0.15) is 5.69 Å². The molecule has 112 valence electrons. The van der Waals surface area contributed by atoms with Gasteiger partial charge in [0.2, 0.25) is 0 Å². The normalized spacial score (nSPS) is 11.6. The van der Waals surface area contributed by atoms with Crippen LogP contribution in [0.3, 0.4) is 0 Å². The van der Waals surface area contributed by atoms with Gasteiger partial charge in [0.25, 0.3) is 5.91 Å². The van der Waals surface area contributed by atoms with Crippen molar-refractivity contribution in [1.82, 2.24) is 10.3 Å². The quantitative estimate of drug-likeness (QED) is 0.785. The van der Waals surface area contributed by atoms with Crippen LogP contribution in [-0.2, 0) is 0 Å². The molecule has 1 heterocycles. The molecule has 2 rings (SSSR count). The number of carbonyl (C=O) groups is 1. The summed E-state index contributed by atoms with van der Waals surface area (Å²) in [5, 5.41) is 13.7. The maximum absolute atomic E-state index is 12.2. The van der Waals surface area contributed by atoms with Gasteiger partial charge in [-0.1, -0.05) is 32.0 Å². The Balaban J connectivity index is 2.20. The summed E-state index contributed by atoms with van der Waals surface area (Å²) in [6.07, 6.45) is 1.16. The maximum Gasteiger partial charge on any atom is 0.270 e. The van der Waals surface area contributed by atoms with E-state index in [9.17, 15) is 9.90 Å². The lowest BCUT2D eigenvalue weighted by Crippen LogP contribution is -2.42. The van der Waals surface area contributed by atoms with Crippen LogP contribution in [0.25, 0.3) is 10.9 Å². The van der Waals surface area contributed by atoms with Gasteiger partial charge in [-0.05, 0) is 25.0 Å². The number of nitrogens with two attached hydrogens (primary N) is 1. The van der Waals surface area contributed by atoms with Crippen molar-refractivity contribution in [3.05, 3.63) is 36.0 Å². The Hall–Kier alpha value is -2.14. The fourth-order valence-electron chi connectivity index (χ4n) is 2.15. The van der Waals surface area contributed by atoms with Crippen molar-refractivity contribution in [1.29, 1.82) is 0 Å². The van der Waals surface area contributed by atoms with Gasteiger partial charge in [-0.15, -0.1) is 0 Å². The van der Waals surface area contributed by atoms with Gasteiger partial charge in [0, 0.05) is 17.6 Å². The molecule has 0 atom stereocenters. The molecule has 2 aromatic rings. The maximum atomic E-state index is 12.2. The van der Waals surface area contributed by atoms with Crippen molar-refractivity contribution in [3.8, 4) is 0 Å². The standard InChI is InChI=1S/C16H21N3O2/c1-3-16(21,4-2)10-18-15(20)14-9-12(17)11-7-5-6-8-13(11)19-14/h5-9,21H,3-4,10H2,1-2H3,(H2,17,19)(H,18,20). The van der Waals surface area contributed by atoms with E-state index in [1.54, 1.807) is 6.07 Å². The molecule has 0 bridgehead atoms. The number of fused-ring (bicyclic) bond motifs is 1. The first-order chi connectivity index (χ1) is 9.99. The molecule has 1 amide bonds. The van der Waals surface area contributed by atoms with Crippen LogP contribution in [0.2, 0.25) is 0 Å². The third-order valence-electron chi connectivity index (χ3n) is 3.88. The number of rotatable bonds is 5. The first-order valence-corrected chi connectivity index (χ1v) is 7.15. The molecule has 0 saturated heterocycles. The molecule has 0 aliphatic carbocycles. The summed E-state index contributed by atoms with van der Waals surface area (Å²) < 4.78 is 0. The van der Waals surface area contributed by atoms with Gasteiger partial charge in [0.15, 0.2) is 0 Å². The van der Waals surface area contributed by atoms with E-state index in [1.807, 2.05) is 38.1 Å². The Bertz CT molecular complexity index is 651. The summed E-state index contributed by atoms with van der Waals surface area (Å²) in [4.78, 5) is 16.5. The third-order valence-corrected chi connectivity index (χ3v) is 3.88. The van der Waals surface area contributed by atoms with E-state index in [0.29, 0.717) is 24.0 Å². The van der Waals surface area contributed by atoms with Crippen molar-refractivity contribution in [2.24, 2.45) is 0 Å². The minimum atomic E-state index is -0.877. The lowest BCUT2D eigenvalue weighted by atomic mass is 9.97. The Morgan fingerprint density at radius 2 is 2.00 bits per heavy atom. The van der Waals surface area contributed by atoms with E-state index in [2.05, 4.69) is 10.3 Å². The monoisotopic (exact) mass is 287 g/mol. The minimum Gasteiger partial charge on any atom is -0.398 e. The van der Waals surface area contributed by atoms with Crippen LogP contribution in [0, 0.1) is 0 Å². The largest absolute Gasteiger partial charge is 0.398 e. The molecule has 21 heavy (non-hydrogen) atoms. The third kappa shape index (κ3) is 3.31. The lowest BCUT2D eigenvalue weighted by molar-refractivity contribution is 0.0313. The van der Waals surface area contributed by atoms with Crippen LogP contribution >= 0.6 is 0 Å². The number of hydrogen-bond acceptors (Lipinski definition) is 4. The molecule has 0 fully saturated rings. The van der Waals surface area contributed by atoms with Gasteiger partial charge >= 0.3 is 0 Å². The number of amides is 1. The molecule has 0 saturated carbocycles. The van der Waals surface area contributed by atoms with Crippen LogP contribution in [0.1, 0.15) is 37.2 Å². The molecule has 0 radical (unpaired) electrons. The summed E-state index contributed by atoms with van der Waals surface area (Å²) >= 11 is 0. The number of pyridine rings is 1. The highest BCUT2D eigenvalue weighted by atomic mass is 16.3. The van der Waals surface area contributed by atoms with Crippen molar-refractivity contribution >= 4 is 22.5 Å². The number of hydrogen-bond donors (Lipinski definition) is 3. The Labute approximate surface area is 124 Å². The van der Waals surface area contributed by atoms with E-state index >= 15 is 0 Å². The summed E-state index contributed by atoms with van der Waals surface area (Å²) in [6.45, 7) is 3.98. The van der Waals surface area contributed by atoms with Crippen molar-refractivity contribution < 1.29 is 9.90 Å². The molecular weight excluding hydrogens is 266 g/mol. The Kier molecular flexibility index (Phi) is 4.43. The zero-order chi connectivity index (χ0) is 15.5. The smallest absolute Gasteiger partial charge is 0.270 e. The number of aromatic nitrogens is 1. The highest BCUT2D eigenvalue weighted by Crippen LogP contribution is 2.20. The van der Waals surface area contributed by atoms with E-state index in [0.717, 1.165) is 5.39 Å². The molecule has 0 aliphatic rings. The molecule has 0 spiro atoms. The Morgan fingerprint density at radius 1 is 1.33 bits per heavy atom. The van der Waals surface area contributed by atoms with Crippen LogP contribution in [0.15, 0.2) is 30.3 Å². The number of carbonyl (C=O) groups excluding carboxylic acids is 1. The number of nitrogen functional groups attached to an aromatic ring is 1. The second-order valence-electron chi connectivity index (χ2n) is 5.23. The van der Waals surface area contributed by atoms with Gasteiger partial charge in [-0.25, -0.2) is 4.98 Å². The van der Waals surface area contributed by atoms with Crippen molar-refractivity contribution in [2.75, 3.05) is 12.3 Å². The van der Waals surface area contributed by atoms with Crippen molar-refractivity contribution in [3.63, 3.8) is 0 Å². The average molecular weight is 287 g/mol. The number of anilines is 1. The second-order valence-corrected chi connectivity index (χ2v) is 5.23. The number of para-hydroxylation sites is 1. The predicted octanol–water partition coefficient (Wildman–Crippen LogP) is 2.10. The molecule has 4 N–H and O–H groups in total. The van der Waals surface area contributed by atoms with Gasteiger partial charge < -0.3 is 16.2 Å². The average Bonchev–Trinajstić information content (AvgIpc) is 2.52. The van der Waals surface area contributed by atoms with Gasteiger partial charge in [-0.2, -0.15) is 0 Å². The molecule has 1 aromatic heterocycles. The highest BCUT2D eigenvalue weighted by Gasteiger charge is 2.23. The Morgan fingerprint density at radius 3 is 2.67 bits per heavy atom. The van der Waals surface area contributed by atoms with Crippen LogP contribution in [0.4, 0.5) is 5.69 Å². The molecule has 5 heteroatoms. The molecule has 0 aliphatic heterocycles. The first-order valence-electron chi connectivity index (χ1n) is 7.15. The zero-order valence-electron chi connectivity index (χ0n) is 12.4. The predicted molar refractivity (Wildman–Crippen MR) is 84.0 cm³/mol. The minimum absolute atomic E-state index is 0.202. The number of nitrogens with zero attached hydrogens (tertiary/aromatic N) is 1. The number of nitrogens with one attached hydrogen (secondary N) is 1. The van der Waals surface area contributed by atoms with E-state index < -0.39 is 5.60 Å². The fourth-order valence-corrected chi connectivity index (χ4v) is 2.15. The summed E-state index contributed by atoms with van der Waals surface area (Å²) in [6, 6.07) is 8.98. The topological polar surface area (TPSA) is 88.2 Å². The fraction of sp³-hybridized carbons (Fsp3) is 0.375. The van der Waals surface area contributed by atoms with Gasteiger partial charge in [0.05, 0.1) is 11.1 Å². The van der Waals surface area contributed by atoms with Crippen molar-refractivity contribution in [2.45, 2.75) is 32.3 Å². The lowest BCUT2D eigenvalue weighted by Gasteiger charge is -2.25. The van der Waals surface area contributed by atoms with E-state index in [1.165, 1.54) is 0 Å². The SMILES string of the molecule is CCC(O)(CC)CNC(=O)c1cc(N)c2ccccc2n1. The van der Waals surface area contributed by atoms with E-state index in [4.69, 9.17) is 5.73 Å². The molecule has 5 nitrogen and oxygen atoms in total. The first kappa shape index (κ1) is 15.3. The van der Waals surface area contributed by atoms with Crippen LogP contribution in [0.5, 0.6) is 0 Å². The molecular formula is C16H21N3O2. The van der Waals surface area contributed by atoms with Gasteiger partial charge in [-0.3, -0.25) is 4.79 Å². The highest BCUT2D eigenvalue weighted by molar-refractivity contribution is 5.99. The van der Waals surface area contributed by atoms with Crippen LogP contribution in [-0.4, -0.2) is 28.1 Å². The zero-order valence-corrected chi connectivity index (χ0v) is 12.4. The molecule has 1 aromatic carbocycles. The van der Waals surface area contributed by atoms with E-state index in [-0.39, 0.29) is 18.1 Å². The van der Waals surface area contributed by atoms with Crippen LogP contribution < -0.4 is 11.1 Å². The molecule has 0 unspecified atom stereocenters. The number of benzene rings is 1.